The highest BCUT2D eigenvalue weighted by Crippen LogP contribution is 2.22. The minimum absolute atomic E-state index is 0.204. The molecule has 1 aromatic carbocycles. The summed E-state index contributed by atoms with van der Waals surface area (Å²) in [5.41, 5.74) is 2.52. The lowest BCUT2D eigenvalue weighted by Crippen LogP contribution is -2.23. The molecule has 156 valence electrons. The van der Waals surface area contributed by atoms with Crippen molar-refractivity contribution in [1.29, 1.82) is 0 Å². The molecular formula is C20H30N7O2+. The molecule has 29 heavy (non-hydrogen) atoms. The number of aromatic nitrogens is 2. The van der Waals surface area contributed by atoms with Gasteiger partial charge in [-0.1, -0.05) is 36.8 Å². The number of nitrogens with one attached hydrogen (secondary N) is 3. The van der Waals surface area contributed by atoms with E-state index in [1.807, 2.05) is 19.1 Å². The maximum atomic E-state index is 11.9. The topological polar surface area (TPSA) is 104 Å². The Balaban J connectivity index is 1.98. The number of aryl methyl sites for hydroxylation is 1. The average Bonchev–Trinajstić information content (AvgIpc) is 2.75. The second-order valence-electron chi connectivity index (χ2n) is 6.64. The van der Waals surface area contributed by atoms with Gasteiger partial charge in [0, 0.05) is 19.1 Å². The maximum Gasteiger partial charge on any atom is 0.376 e. The van der Waals surface area contributed by atoms with Gasteiger partial charge in [0.1, 0.15) is 6.20 Å². The van der Waals surface area contributed by atoms with Crippen LogP contribution >= 0.6 is 0 Å². The highest BCUT2D eigenvalue weighted by Gasteiger charge is 2.23. The summed E-state index contributed by atoms with van der Waals surface area (Å²) in [5.74, 6) is 0.802. The molecule has 2 rings (SSSR count). The lowest BCUT2D eigenvalue weighted by molar-refractivity contribution is -0.736. The molecule has 0 saturated heterocycles. The molecule has 3 N–H and O–H groups in total. The number of anilines is 2. The van der Waals surface area contributed by atoms with E-state index in [1.54, 1.807) is 6.34 Å². The van der Waals surface area contributed by atoms with Gasteiger partial charge in [-0.25, -0.2) is 9.82 Å². The summed E-state index contributed by atoms with van der Waals surface area (Å²) in [6.07, 6.45) is 4.17. The Bertz CT molecular complexity index is 809. The second kappa shape index (κ2) is 11.6. The minimum atomic E-state index is 0.204. The average molecular weight is 401 g/mol. The number of hydrogen-bond donors (Lipinski definition) is 3. The molecule has 0 aliphatic carbocycles. The zero-order valence-electron chi connectivity index (χ0n) is 17.5. The van der Waals surface area contributed by atoms with Crippen LogP contribution in [0.4, 0.5) is 17.5 Å². The van der Waals surface area contributed by atoms with Crippen LogP contribution in [0.1, 0.15) is 31.4 Å². The summed E-state index contributed by atoms with van der Waals surface area (Å²) < 4.78 is 0. The summed E-state index contributed by atoms with van der Waals surface area (Å²) in [4.78, 5) is 29.9. The molecular weight excluding hydrogens is 370 g/mol. The van der Waals surface area contributed by atoms with E-state index in [0.717, 1.165) is 12.0 Å². The van der Waals surface area contributed by atoms with Gasteiger partial charge in [-0.2, -0.15) is 4.98 Å². The van der Waals surface area contributed by atoms with Gasteiger partial charge in [-0.3, -0.25) is 4.99 Å². The molecule has 1 heterocycles. The van der Waals surface area contributed by atoms with E-state index in [1.165, 1.54) is 18.9 Å². The normalized spacial score (nSPS) is 11.9. The predicted octanol–water partition coefficient (Wildman–Crippen LogP) is 3.20. The van der Waals surface area contributed by atoms with Gasteiger partial charge >= 0.3 is 5.69 Å². The van der Waals surface area contributed by atoms with E-state index < -0.39 is 0 Å². The van der Waals surface area contributed by atoms with Gasteiger partial charge in [-0.15, -0.1) is 0 Å². The summed E-state index contributed by atoms with van der Waals surface area (Å²) in [6, 6.07) is 8.59. The number of aliphatic imine (C=N–C) groups is 1. The second-order valence-corrected chi connectivity index (χ2v) is 6.64. The van der Waals surface area contributed by atoms with E-state index in [-0.39, 0.29) is 5.69 Å². The van der Waals surface area contributed by atoms with E-state index in [9.17, 15) is 4.91 Å². The van der Waals surface area contributed by atoms with Crippen molar-refractivity contribution in [2.45, 2.75) is 39.8 Å². The first-order valence-electron chi connectivity index (χ1n) is 9.69. The first-order valence-corrected chi connectivity index (χ1v) is 9.69. The summed E-state index contributed by atoms with van der Waals surface area (Å²) in [5, 5.41) is 9.47. The molecule has 9 nitrogen and oxygen atoms in total. The molecule has 1 unspecified atom stereocenters. The Kier molecular flexibility index (Phi) is 8.81. The van der Waals surface area contributed by atoms with Gasteiger partial charge in [0.25, 0.3) is 4.92 Å². The molecule has 2 aromatic rings. The quantitative estimate of drug-likeness (QED) is 0.217. The van der Waals surface area contributed by atoms with Crippen LogP contribution in [0.15, 0.2) is 35.5 Å². The Morgan fingerprint density at radius 3 is 2.72 bits per heavy atom. The van der Waals surface area contributed by atoms with Crippen LogP contribution < -0.4 is 16.0 Å². The molecule has 0 bridgehead atoms. The fourth-order valence-corrected chi connectivity index (χ4v) is 2.31. The molecule has 0 spiro atoms. The van der Waals surface area contributed by atoms with E-state index in [0.29, 0.717) is 42.4 Å². The van der Waals surface area contributed by atoms with Gasteiger partial charge in [0.05, 0.1) is 17.8 Å². The van der Waals surface area contributed by atoms with Crippen LogP contribution in [0.2, 0.25) is 0 Å². The van der Waals surface area contributed by atoms with Crippen molar-refractivity contribution in [3.63, 3.8) is 0 Å². The maximum absolute atomic E-state index is 11.9. The Morgan fingerprint density at radius 1 is 1.28 bits per heavy atom. The van der Waals surface area contributed by atoms with Crippen molar-refractivity contribution in [1.82, 2.24) is 15.3 Å². The monoisotopic (exact) mass is 400 g/mol. The summed E-state index contributed by atoms with van der Waals surface area (Å²) in [6.45, 7) is 7.87. The molecule has 9 heteroatoms. The van der Waals surface area contributed by atoms with E-state index >= 15 is 0 Å². The van der Waals surface area contributed by atoms with Crippen molar-refractivity contribution in [3.8, 4) is 0 Å². The van der Waals surface area contributed by atoms with Crippen molar-refractivity contribution in [3.05, 3.63) is 46.5 Å². The molecule has 0 saturated carbocycles. The molecule has 0 fully saturated rings. The standard InChI is InChI=1S/C20H30N7O2/c1-5-16(3)25-14-21-10-11-22-19-18(27(28)29-4)13-24-20(26-19)23-12-17-8-6-15(2)7-9-17/h6-9,13-14,16H,5,10-12H2,1-4H3,(H,21,25)(H2,22,23,24,26)/q+1. The van der Waals surface area contributed by atoms with Gasteiger partial charge in [-0.05, 0) is 25.8 Å². The summed E-state index contributed by atoms with van der Waals surface area (Å²) in [7, 11) is 1.30. The van der Waals surface area contributed by atoms with Gasteiger partial charge in [0.15, 0.2) is 7.11 Å². The van der Waals surface area contributed by atoms with Gasteiger partial charge < -0.3 is 16.0 Å². The molecule has 1 atom stereocenters. The molecule has 0 amide bonds. The Hall–Kier alpha value is -3.23. The van der Waals surface area contributed by atoms with Gasteiger partial charge in [0.2, 0.25) is 11.8 Å². The zero-order valence-corrected chi connectivity index (χ0v) is 17.5. The van der Waals surface area contributed by atoms with E-state index in [2.05, 4.69) is 56.9 Å². The highest BCUT2D eigenvalue weighted by molar-refractivity contribution is 5.57. The van der Waals surface area contributed by atoms with E-state index in [4.69, 9.17) is 4.84 Å². The minimum Gasteiger partial charge on any atom is -0.374 e. The lowest BCUT2D eigenvalue weighted by atomic mass is 10.1. The number of hydrogen-bond acceptors (Lipinski definition) is 7. The Labute approximate surface area is 171 Å². The number of nitrogens with zero attached hydrogens (tertiary/aromatic N) is 4. The number of rotatable bonds is 12. The fraction of sp³-hybridized carbons (Fsp3) is 0.450. The van der Waals surface area contributed by atoms with Crippen LogP contribution in [0.5, 0.6) is 0 Å². The first kappa shape index (κ1) is 22.1. The van der Waals surface area contributed by atoms with Crippen LogP contribution in [0.3, 0.4) is 0 Å². The van der Waals surface area contributed by atoms with Crippen molar-refractivity contribution in [2.75, 3.05) is 30.8 Å². The third-order valence-corrected chi connectivity index (χ3v) is 4.30. The third kappa shape index (κ3) is 7.36. The van der Waals surface area contributed by atoms with Crippen molar-refractivity contribution >= 4 is 23.8 Å². The van der Waals surface area contributed by atoms with Crippen molar-refractivity contribution < 1.29 is 9.76 Å². The third-order valence-electron chi connectivity index (χ3n) is 4.30. The molecule has 0 radical (unpaired) electrons. The SMILES string of the molecule is CCC(C)NC=NCCNc1nc(NCc2ccc(C)cc2)ncc1[N+](=O)OC. The summed E-state index contributed by atoms with van der Waals surface area (Å²) >= 11 is 0. The number of benzene rings is 1. The largest absolute Gasteiger partial charge is 0.376 e. The first-order chi connectivity index (χ1) is 14.0. The van der Waals surface area contributed by atoms with Crippen LogP contribution in [0, 0.1) is 11.8 Å². The fourth-order valence-electron chi connectivity index (χ4n) is 2.31. The lowest BCUT2D eigenvalue weighted by Gasteiger charge is -2.08. The Morgan fingerprint density at radius 2 is 2.03 bits per heavy atom. The molecule has 0 aliphatic heterocycles. The predicted molar refractivity (Wildman–Crippen MR) is 116 cm³/mol. The molecule has 1 aromatic heterocycles. The molecule has 0 aliphatic rings. The zero-order chi connectivity index (χ0) is 21.1. The van der Waals surface area contributed by atoms with Crippen LogP contribution in [-0.2, 0) is 11.4 Å². The smallest absolute Gasteiger partial charge is 0.374 e. The van der Waals surface area contributed by atoms with Crippen molar-refractivity contribution in [2.24, 2.45) is 4.99 Å². The highest BCUT2D eigenvalue weighted by atomic mass is 16.8. The van der Waals surface area contributed by atoms with Crippen LogP contribution in [-0.4, -0.2) is 47.5 Å². The van der Waals surface area contributed by atoms with Crippen LogP contribution in [0.25, 0.3) is 0 Å².